The lowest BCUT2D eigenvalue weighted by molar-refractivity contribution is -0.124. The largest absolute Gasteiger partial charge is 0.394 e. The summed E-state index contributed by atoms with van der Waals surface area (Å²) in [5.41, 5.74) is 0. The maximum absolute atomic E-state index is 12.3. The van der Waals surface area contributed by atoms with Crippen molar-refractivity contribution >= 4 is 5.91 Å². The summed E-state index contributed by atoms with van der Waals surface area (Å²) in [6.07, 6.45) is 37.3. The molecule has 0 aliphatic carbocycles. The number of unbranched alkanes of at least 4 members (excludes halogenated alkanes) is 24. The summed E-state index contributed by atoms with van der Waals surface area (Å²) in [7, 11) is 0. The van der Waals surface area contributed by atoms with Gasteiger partial charge in [0.25, 0.3) is 0 Å². The van der Waals surface area contributed by atoms with Crippen LogP contribution in [-0.4, -0.2) is 46.1 Å². The molecule has 0 fully saturated rings. The molecule has 0 spiro atoms. The summed E-state index contributed by atoms with van der Waals surface area (Å²) in [5, 5.41) is 33.3. The zero-order chi connectivity index (χ0) is 31.6. The summed E-state index contributed by atoms with van der Waals surface area (Å²) in [4.78, 5) is 12.3. The topological polar surface area (TPSA) is 89.8 Å². The second-order valence-electron chi connectivity index (χ2n) is 13.1. The fraction of sp³-hybridized carbons (Fsp3) is 0.921. The van der Waals surface area contributed by atoms with Crippen molar-refractivity contribution in [1.29, 1.82) is 0 Å². The lowest BCUT2D eigenvalue weighted by Crippen LogP contribution is -2.50. The quantitative estimate of drug-likeness (QED) is 0.0432. The Morgan fingerprint density at radius 3 is 1.35 bits per heavy atom. The lowest BCUT2D eigenvalue weighted by atomic mass is 9.99. The first kappa shape index (κ1) is 42.1. The highest BCUT2D eigenvalue weighted by Gasteiger charge is 2.26. The first-order valence-electron chi connectivity index (χ1n) is 19.0. The van der Waals surface area contributed by atoms with E-state index in [0.717, 1.165) is 44.9 Å². The number of nitrogens with one attached hydrogen (secondary N) is 1. The molecule has 43 heavy (non-hydrogen) atoms. The van der Waals surface area contributed by atoms with Gasteiger partial charge in [-0.3, -0.25) is 4.79 Å². The Morgan fingerprint density at radius 2 is 0.930 bits per heavy atom. The molecule has 1 amide bonds. The number of carbonyl (C=O) groups is 1. The van der Waals surface area contributed by atoms with Crippen LogP contribution in [-0.2, 0) is 4.79 Å². The van der Waals surface area contributed by atoms with Gasteiger partial charge in [-0.25, -0.2) is 0 Å². The van der Waals surface area contributed by atoms with Crippen LogP contribution in [0.4, 0.5) is 0 Å². The molecule has 0 aromatic heterocycles. The molecule has 0 rings (SSSR count). The summed E-state index contributed by atoms with van der Waals surface area (Å²) < 4.78 is 0. The molecule has 3 atom stereocenters. The Bertz CT molecular complexity index is 596. The smallest absolute Gasteiger partial charge is 0.220 e. The minimum Gasteiger partial charge on any atom is -0.394 e. The standard InChI is InChI=1S/C38H75NO4/c1-3-5-7-9-11-13-15-16-17-18-19-20-21-23-25-27-29-31-33-37(42)39-35(34-40)38(43)36(41)32-30-28-26-24-22-14-12-10-8-6-4-2/h19-20,35-36,38,40-41,43H,3-18,21-34H2,1-2H3,(H,39,42)/b20-19-. The van der Waals surface area contributed by atoms with E-state index in [1.165, 1.54) is 128 Å². The van der Waals surface area contributed by atoms with Crippen LogP contribution >= 0.6 is 0 Å². The maximum Gasteiger partial charge on any atom is 0.220 e. The highest BCUT2D eigenvalue weighted by Crippen LogP contribution is 2.15. The van der Waals surface area contributed by atoms with Crippen molar-refractivity contribution in [3.63, 3.8) is 0 Å². The highest BCUT2D eigenvalue weighted by atomic mass is 16.3. The Kier molecular flexibility index (Phi) is 33.3. The Morgan fingerprint density at radius 1 is 0.558 bits per heavy atom. The van der Waals surface area contributed by atoms with E-state index < -0.39 is 18.2 Å². The first-order valence-corrected chi connectivity index (χ1v) is 19.0. The van der Waals surface area contributed by atoms with E-state index in [2.05, 4.69) is 31.3 Å². The third-order valence-corrected chi connectivity index (χ3v) is 8.87. The van der Waals surface area contributed by atoms with Gasteiger partial charge in [0.2, 0.25) is 5.91 Å². The zero-order valence-electron chi connectivity index (χ0n) is 28.8. The van der Waals surface area contributed by atoms with Gasteiger partial charge in [-0.2, -0.15) is 0 Å². The number of hydrogen-bond acceptors (Lipinski definition) is 4. The van der Waals surface area contributed by atoms with E-state index in [4.69, 9.17) is 0 Å². The second kappa shape index (κ2) is 34.0. The van der Waals surface area contributed by atoms with Gasteiger partial charge in [-0.15, -0.1) is 0 Å². The van der Waals surface area contributed by atoms with Crippen LogP contribution in [0.2, 0.25) is 0 Å². The van der Waals surface area contributed by atoms with Gasteiger partial charge in [0.15, 0.2) is 0 Å². The molecule has 5 nitrogen and oxygen atoms in total. The van der Waals surface area contributed by atoms with Crippen LogP contribution in [0.3, 0.4) is 0 Å². The first-order chi connectivity index (χ1) is 21.1. The summed E-state index contributed by atoms with van der Waals surface area (Å²) in [6, 6.07) is -0.808. The summed E-state index contributed by atoms with van der Waals surface area (Å²) in [5.74, 6) is -0.153. The predicted octanol–water partition coefficient (Wildman–Crippen LogP) is 10.1. The molecule has 0 aromatic carbocycles. The molecule has 256 valence electrons. The van der Waals surface area contributed by atoms with E-state index >= 15 is 0 Å². The molecule has 0 saturated heterocycles. The van der Waals surface area contributed by atoms with Gasteiger partial charge in [0, 0.05) is 6.42 Å². The Labute approximate surface area is 268 Å². The fourth-order valence-corrected chi connectivity index (χ4v) is 5.86. The SMILES string of the molecule is CCCCCCCCCCC/C=C\CCCCCCCC(=O)NC(CO)C(O)C(O)CCCCCCCCCCCCC. The maximum atomic E-state index is 12.3. The van der Waals surface area contributed by atoms with Crippen molar-refractivity contribution in [2.45, 2.75) is 218 Å². The third-order valence-electron chi connectivity index (χ3n) is 8.87. The van der Waals surface area contributed by atoms with Gasteiger partial charge >= 0.3 is 0 Å². The molecule has 0 aliphatic heterocycles. The number of amides is 1. The van der Waals surface area contributed by atoms with E-state index in [-0.39, 0.29) is 12.5 Å². The van der Waals surface area contributed by atoms with Crippen LogP contribution in [0, 0.1) is 0 Å². The minimum absolute atomic E-state index is 0.153. The van der Waals surface area contributed by atoms with Gasteiger partial charge in [-0.1, -0.05) is 167 Å². The van der Waals surface area contributed by atoms with Crippen molar-refractivity contribution in [2.75, 3.05) is 6.61 Å². The molecular weight excluding hydrogens is 534 g/mol. The van der Waals surface area contributed by atoms with E-state index in [1.807, 2.05) is 0 Å². The van der Waals surface area contributed by atoms with Crippen molar-refractivity contribution in [2.24, 2.45) is 0 Å². The zero-order valence-corrected chi connectivity index (χ0v) is 28.8. The molecule has 0 aliphatic rings. The van der Waals surface area contributed by atoms with Gasteiger partial charge < -0.3 is 20.6 Å². The number of carbonyl (C=O) groups excluding carboxylic acids is 1. The lowest BCUT2D eigenvalue weighted by Gasteiger charge is -2.26. The Hall–Kier alpha value is -0.910. The number of aliphatic hydroxyl groups is 3. The molecule has 3 unspecified atom stereocenters. The van der Waals surface area contributed by atoms with Gasteiger partial charge in [0.1, 0.15) is 6.10 Å². The van der Waals surface area contributed by atoms with Gasteiger partial charge in [-0.05, 0) is 38.5 Å². The third kappa shape index (κ3) is 29.6. The minimum atomic E-state index is -1.13. The number of aliphatic hydroxyl groups excluding tert-OH is 3. The highest BCUT2D eigenvalue weighted by molar-refractivity contribution is 5.76. The fourth-order valence-electron chi connectivity index (χ4n) is 5.86. The predicted molar refractivity (Wildman–Crippen MR) is 185 cm³/mol. The molecule has 0 saturated carbocycles. The Balaban J connectivity index is 3.67. The second-order valence-corrected chi connectivity index (χ2v) is 13.1. The molecule has 0 aromatic rings. The van der Waals surface area contributed by atoms with Crippen LogP contribution in [0.1, 0.15) is 200 Å². The van der Waals surface area contributed by atoms with Crippen molar-refractivity contribution in [3.8, 4) is 0 Å². The molecule has 0 heterocycles. The van der Waals surface area contributed by atoms with Crippen LogP contribution in [0.5, 0.6) is 0 Å². The monoisotopic (exact) mass is 610 g/mol. The molecule has 0 radical (unpaired) electrons. The van der Waals surface area contributed by atoms with Crippen LogP contribution < -0.4 is 5.32 Å². The molecule has 4 N–H and O–H groups in total. The molecular formula is C38H75NO4. The van der Waals surface area contributed by atoms with Crippen LogP contribution in [0.15, 0.2) is 12.2 Å². The average Bonchev–Trinajstić information content (AvgIpc) is 3.01. The van der Waals surface area contributed by atoms with Crippen molar-refractivity contribution < 1.29 is 20.1 Å². The number of rotatable bonds is 34. The van der Waals surface area contributed by atoms with E-state index in [0.29, 0.717) is 12.8 Å². The summed E-state index contributed by atoms with van der Waals surface area (Å²) in [6.45, 7) is 4.15. The van der Waals surface area contributed by atoms with Crippen molar-refractivity contribution in [3.05, 3.63) is 12.2 Å². The normalized spacial score (nSPS) is 13.9. The molecule has 5 heteroatoms. The van der Waals surface area contributed by atoms with E-state index in [1.54, 1.807) is 0 Å². The van der Waals surface area contributed by atoms with E-state index in [9.17, 15) is 20.1 Å². The van der Waals surface area contributed by atoms with Crippen molar-refractivity contribution in [1.82, 2.24) is 5.32 Å². The average molecular weight is 610 g/mol. The number of hydrogen-bond donors (Lipinski definition) is 4. The molecule has 0 bridgehead atoms. The number of allylic oxidation sites excluding steroid dienone is 2. The summed E-state index contributed by atoms with van der Waals surface area (Å²) >= 11 is 0. The van der Waals surface area contributed by atoms with Crippen LogP contribution in [0.25, 0.3) is 0 Å². The van der Waals surface area contributed by atoms with Gasteiger partial charge in [0.05, 0.1) is 18.8 Å².